The number of nitrogens with zero attached hydrogens (tertiary/aromatic N) is 1. The minimum atomic E-state index is 0.0442. The molecule has 1 atom stereocenters. The molecule has 2 heterocycles. The molecular weight excluding hydrogens is 198 g/mol. The number of rotatable bonds is 2. The molecule has 14 heavy (non-hydrogen) atoms. The Hall–Kier alpha value is -0.650. The molecule has 0 spiro atoms. The highest BCUT2D eigenvalue weighted by atomic mass is 32.1. The number of thiazole rings is 1. The first-order valence-electron chi connectivity index (χ1n) is 4.87. The smallest absolute Gasteiger partial charge is 0.304 e. The number of aromatic amines is 1. The summed E-state index contributed by atoms with van der Waals surface area (Å²) in [7, 11) is 0. The SMILES string of the molecule is CC1CNCCN1Cc1csc(=O)[nH]1. The van der Waals surface area contributed by atoms with Crippen molar-refractivity contribution in [2.45, 2.75) is 19.5 Å². The van der Waals surface area contributed by atoms with Crippen LogP contribution in [0.3, 0.4) is 0 Å². The molecular formula is C9H15N3OS. The van der Waals surface area contributed by atoms with Crippen LogP contribution in [-0.2, 0) is 6.54 Å². The summed E-state index contributed by atoms with van der Waals surface area (Å²) in [4.78, 5) is 16.2. The van der Waals surface area contributed by atoms with Gasteiger partial charge in [0.2, 0.25) is 0 Å². The summed E-state index contributed by atoms with van der Waals surface area (Å²) in [5, 5.41) is 5.26. The van der Waals surface area contributed by atoms with E-state index in [1.807, 2.05) is 5.38 Å². The normalized spacial score (nSPS) is 23.9. The van der Waals surface area contributed by atoms with Gasteiger partial charge in [0.15, 0.2) is 0 Å². The van der Waals surface area contributed by atoms with E-state index in [-0.39, 0.29) is 4.87 Å². The van der Waals surface area contributed by atoms with Gasteiger partial charge >= 0.3 is 4.87 Å². The molecule has 2 rings (SSSR count). The summed E-state index contributed by atoms with van der Waals surface area (Å²) in [5.74, 6) is 0. The summed E-state index contributed by atoms with van der Waals surface area (Å²) >= 11 is 1.24. The monoisotopic (exact) mass is 213 g/mol. The lowest BCUT2D eigenvalue weighted by atomic mass is 10.2. The summed E-state index contributed by atoms with van der Waals surface area (Å²) in [6.45, 7) is 6.20. The van der Waals surface area contributed by atoms with Crippen molar-refractivity contribution in [3.05, 3.63) is 20.7 Å². The van der Waals surface area contributed by atoms with Crippen molar-refractivity contribution in [3.8, 4) is 0 Å². The van der Waals surface area contributed by atoms with E-state index in [0.29, 0.717) is 6.04 Å². The highest BCUT2D eigenvalue weighted by Crippen LogP contribution is 2.08. The van der Waals surface area contributed by atoms with Crippen molar-refractivity contribution in [3.63, 3.8) is 0 Å². The molecule has 1 fully saturated rings. The quantitative estimate of drug-likeness (QED) is 0.739. The third-order valence-electron chi connectivity index (χ3n) is 2.58. The summed E-state index contributed by atoms with van der Waals surface area (Å²) < 4.78 is 0. The van der Waals surface area contributed by atoms with E-state index in [4.69, 9.17) is 0 Å². The van der Waals surface area contributed by atoms with Crippen LogP contribution in [0, 0.1) is 0 Å². The maximum atomic E-state index is 10.9. The number of hydrogen-bond donors (Lipinski definition) is 2. The zero-order valence-corrected chi connectivity index (χ0v) is 9.06. The van der Waals surface area contributed by atoms with E-state index in [2.05, 4.69) is 22.1 Å². The molecule has 0 aliphatic carbocycles. The minimum Gasteiger partial charge on any atom is -0.315 e. The fourth-order valence-electron chi connectivity index (χ4n) is 1.73. The molecule has 2 N–H and O–H groups in total. The van der Waals surface area contributed by atoms with Gasteiger partial charge in [-0.05, 0) is 6.92 Å². The molecule has 1 aliphatic rings. The fourth-order valence-corrected chi connectivity index (χ4v) is 2.30. The van der Waals surface area contributed by atoms with Crippen LogP contribution in [0.15, 0.2) is 10.2 Å². The van der Waals surface area contributed by atoms with Gasteiger partial charge < -0.3 is 10.3 Å². The number of hydrogen-bond acceptors (Lipinski definition) is 4. The van der Waals surface area contributed by atoms with Gasteiger partial charge in [-0.3, -0.25) is 9.69 Å². The van der Waals surface area contributed by atoms with E-state index in [1.54, 1.807) is 0 Å². The highest BCUT2D eigenvalue weighted by Gasteiger charge is 2.18. The number of H-pyrrole nitrogens is 1. The number of nitrogens with one attached hydrogen (secondary N) is 2. The molecule has 1 unspecified atom stereocenters. The Balaban J connectivity index is 1.99. The van der Waals surface area contributed by atoms with Crippen molar-refractivity contribution >= 4 is 11.3 Å². The highest BCUT2D eigenvalue weighted by molar-refractivity contribution is 7.07. The standard InChI is InChI=1S/C9H15N3OS/c1-7-4-10-2-3-12(7)5-8-6-14-9(13)11-8/h6-7,10H,2-5H2,1H3,(H,11,13). The predicted molar refractivity (Wildman–Crippen MR) is 57.7 cm³/mol. The van der Waals surface area contributed by atoms with Crippen LogP contribution >= 0.6 is 11.3 Å². The Bertz CT molecular complexity index is 346. The lowest BCUT2D eigenvalue weighted by Gasteiger charge is -2.33. The van der Waals surface area contributed by atoms with E-state index in [0.717, 1.165) is 31.9 Å². The second-order valence-electron chi connectivity index (χ2n) is 3.70. The van der Waals surface area contributed by atoms with Crippen LogP contribution < -0.4 is 10.2 Å². The van der Waals surface area contributed by atoms with Crippen LogP contribution in [0.5, 0.6) is 0 Å². The zero-order chi connectivity index (χ0) is 9.97. The van der Waals surface area contributed by atoms with Gasteiger partial charge in [-0.15, -0.1) is 0 Å². The van der Waals surface area contributed by atoms with Gasteiger partial charge in [0, 0.05) is 43.3 Å². The van der Waals surface area contributed by atoms with Crippen LogP contribution in [0.25, 0.3) is 0 Å². The van der Waals surface area contributed by atoms with Crippen molar-refractivity contribution in [2.24, 2.45) is 0 Å². The Morgan fingerprint density at radius 1 is 1.71 bits per heavy atom. The Labute approximate surface area is 86.9 Å². The molecule has 0 aromatic carbocycles. The molecule has 1 aliphatic heterocycles. The summed E-state index contributed by atoms with van der Waals surface area (Å²) in [5.41, 5.74) is 1.04. The topological polar surface area (TPSA) is 48.1 Å². The molecule has 0 saturated carbocycles. The molecule has 0 radical (unpaired) electrons. The van der Waals surface area contributed by atoms with Crippen LogP contribution in [-0.4, -0.2) is 35.6 Å². The van der Waals surface area contributed by atoms with Crippen molar-refractivity contribution < 1.29 is 0 Å². The molecule has 1 aromatic rings. The summed E-state index contributed by atoms with van der Waals surface area (Å²) in [6.07, 6.45) is 0. The Morgan fingerprint density at radius 3 is 3.21 bits per heavy atom. The Morgan fingerprint density at radius 2 is 2.57 bits per heavy atom. The van der Waals surface area contributed by atoms with Gasteiger partial charge in [-0.2, -0.15) is 0 Å². The lowest BCUT2D eigenvalue weighted by molar-refractivity contribution is 0.164. The second kappa shape index (κ2) is 4.25. The predicted octanol–water partition coefficient (Wildman–Crippen LogP) is 0.230. The molecule has 0 amide bonds. The molecule has 78 valence electrons. The van der Waals surface area contributed by atoms with Crippen molar-refractivity contribution in [1.29, 1.82) is 0 Å². The number of piperazine rings is 1. The van der Waals surface area contributed by atoms with E-state index < -0.39 is 0 Å². The van der Waals surface area contributed by atoms with Crippen LogP contribution in [0.1, 0.15) is 12.6 Å². The average molecular weight is 213 g/mol. The zero-order valence-electron chi connectivity index (χ0n) is 8.25. The van der Waals surface area contributed by atoms with Gasteiger partial charge in [-0.1, -0.05) is 11.3 Å². The summed E-state index contributed by atoms with van der Waals surface area (Å²) in [6, 6.07) is 0.548. The third-order valence-corrected chi connectivity index (χ3v) is 3.30. The van der Waals surface area contributed by atoms with Gasteiger partial charge in [-0.25, -0.2) is 0 Å². The maximum Gasteiger partial charge on any atom is 0.304 e. The van der Waals surface area contributed by atoms with Gasteiger partial charge in [0.1, 0.15) is 0 Å². The molecule has 0 bridgehead atoms. The largest absolute Gasteiger partial charge is 0.315 e. The van der Waals surface area contributed by atoms with Crippen LogP contribution in [0.4, 0.5) is 0 Å². The van der Waals surface area contributed by atoms with Crippen molar-refractivity contribution in [1.82, 2.24) is 15.2 Å². The maximum absolute atomic E-state index is 10.9. The second-order valence-corrected chi connectivity index (χ2v) is 4.54. The Kier molecular flexibility index (Phi) is 3.00. The first-order chi connectivity index (χ1) is 6.75. The van der Waals surface area contributed by atoms with E-state index in [9.17, 15) is 4.79 Å². The molecule has 5 heteroatoms. The average Bonchev–Trinajstić information content (AvgIpc) is 2.56. The van der Waals surface area contributed by atoms with Crippen molar-refractivity contribution in [2.75, 3.05) is 19.6 Å². The van der Waals surface area contributed by atoms with E-state index >= 15 is 0 Å². The molecule has 1 saturated heterocycles. The van der Waals surface area contributed by atoms with Gasteiger partial charge in [0.25, 0.3) is 0 Å². The third kappa shape index (κ3) is 2.23. The van der Waals surface area contributed by atoms with Crippen LogP contribution in [0.2, 0.25) is 0 Å². The van der Waals surface area contributed by atoms with E-state index in [1.165, 1.54) is 11.3 Å². The van der Waals surface area contributed by atoms with Gasteiger partial charge in [0.05, 0.1) is 0 Å². The minimum absolute atomic E-state index is 0.0442. The molecule has 1 aromatic heterocycles. The first kappa shape index (κ1) is 9.89. The molecule has 4 nitrogen and oxygen atoms in total. The lowest BCUT2D eigenvalue weighted by Crippen LogP contribution is -2.49. The first-order valence-corrected chi connectivity index (χ1v) is 5.75. The number of aromatic nitrogens is 1. The fraction of sp³-hybridized carbons (Fsp3) is 0.667.